The van der Waals surface area contributed by atoms with Gasteiger partial charge in [0.15, 0.2) is 5.82 Å². The van der Waals surface area contributed by atoms with Gasteiger partial charge in [0.05, 0.1) is 29.7 Å². The molecule has 1 unspecified atom stereocenters. The van der Waals surface area contributed by atoms with Crippen molar-refractivity contribution in [1.29, 1.82) is 0 Å². The van der Waals surface area contributed by atoms with Crippen molar-refractivity contribution in [1.82, 2.24) is 10.2 Å². The second kappa shape index (κ2) is 7.98. The number of piperidine rings is 1. The molecule has 0 bridgehead atoms. The van der Waals surface area contributed by atoms with Crippen molar-refractivity contribution >= 4 is 23.1 Å². The number of hydrogen-bond acceptors (Lipinski definition) is 7. The molecule has 9 nitrogen and oxygen atoms in total. The first-order chi connectivity index (χ1) is 13.0. The van der Waals surface area contributed by atoms with Gasteiger partial charge in [0, 0.05) is 13.1 Å². The van der Waals surface area contributed by atoms with E-state index < -0.39 is 4.92 Å². The van der Waals surface area contributed by atoms with Crippen molar-refractivity contribution in [2.75, 3.05) is 30.4 Å². The summed E-state index contributed by atoms with van der Waals surface area (Å²) in [5.41, 5.74) is 0.801. The van der Waals surface area contributed by atoms with Crippen LogP contribution in [-0.2, 0) is 4.79 Å². The molecule has 1 N–H and O–H groups in total. The lowest BCUT2D eigenvalue weighted by molar-refractivity contribution is -0.384. The first kappa shape index (κ1) is 18.6. The quantitative estimate of drug-likeness (QED) is 0.635. The summed E-state index contributed by atoms with van der Waals surface area (Å²) >= 11 is 0. The lowest BCUT2D eigenvalue weighted by Crippen LogP contribution is -2.41. The molecule has 1 saturated heterocycles. The Morgan fingerprint density at radius 1 is 1.33 bits per heavy atom. The molecule has 27 heavy (non-hydrogen) atoms. The Labute approximate surface area is 156 Å². The second-order valence-corrected chi connectivity index (χ2v) is 6.45. The molecule has 9 heteroatoms. The number of methoxy groups -OCH3 is 1. The number of hydrogen-bond donors (Lipinski definition) is 1. The fraction of sp³-hybridized carbons (Fsp3) is 0.389. The van der Waals surface area contributed by atoms with E-state index in [9.17, 15) is 14.9 Å². The van der Waals surface area contributed by atoms with E-state index in [-0.39, 0.29) is 23.2 Å². The number of rotatable bonds is 5. The normalized spacial score (nSPS) is 16.7. The van der Waals surface area contributed by atoms with Gasteiger partial charge in [-0.25, -0.2) is 0 Å². The zero-order valence-corrected chi connectivity index (χ0v) is 15.2. The lowest BCUT2D eigenvalue weighted by atomic mass is 9.97. The van der Waals surface area contributed by atoms with Crippen LogP contribution in [0, 0.1) is 23.0 Å². The number of amides is 1. The molecule has 0 spiro atoms. The third-order valence-electron chi connectivity index (χ3n) is 4.56. The van der Waals surface area contributed by atoms with Gasteiger partial charge in [-0.3, -0.25) is 14.9 Å². The Bertz CT molecular complexity index is 840. The Hall–Kier alpha value is -3.23. The SMILES string of the molecule is COc1ccc(NC(=O)C2CCCN(c3ccc(C)nn3)C2)c([N+](=O)[O-])c1. The minimum Gasteiger partial charge on any atom is -0.496 e. The van der Waals surface area contributed by atoms with Gasteiger partial charge in [-0.15, -0.1) is 5.10 Å². The highest BCUT2D eigenvalue weighted by atomic mass is 16.6. The molecule has 1 aromatic carbocycles. The number of nitro benzene ring substituents is 1. The van der Waals surface area contributed by atoms with E-state index in [4.69, 9.17) is 4.74 Å². The molecule has 1 atom stereocenters. The van der Waals surface area contributed by atoms with Gasteiger partial charge in [0.1, 0.15) is 11.4 Å². The van der Waals surface area contributed by atoms with Gasteiger partial charge in [-0.2, -0.15) is 5.10 Å². The molecule has 2 aromatic rings. The van der Waals surface area contributed by atoms with E-state index in [2.05, 4.69) is 15.5 Å². The Kier molecular flexibility index (Phi) is 5.49. The van der Waals surface area contributed by atoms with Gasteiger partial charge in [-0.1, -0.05) is 0 Å². The average Bonchev–Trinajstić information content (AvgIpc) is 2.68. The number of carbonyl (C=O) groups is 1. The number of anilines is 2. The van der Waals surface area contributed by atoms with Crippen LogP contribution in [0.5, 0.6) is 5.75 Å². The van der Waals surface area contributed by atoms with Crippen LogP contribution in [0.15, 0.2) is 30.3 Å². The zero-order valence-electron chi connectivity index (χ0n) is 15.2. The van der Waals surface area contributed by atoms with E-state index in [1.54, 1.807) is 6.07 Å². The number of nitrogens with one attached hydrogen (secondary N) is 1. The molecule has 3 rings (SSSR count). The largest absolute Gasteiger partial charge is 0.496 e. The number of aryl methyl sites for hydroxylation is 1. The van der Waals surface area contributed by atoms with Crippen LogP contribution in [0.25, 0.3) is 0 Å². The Morgan fingerprint density at radius 2 is 2.15 bits per heavy atom. The third-order valence-corrected chi connectivity index (χ3v) is 4.56. The summed E-state index contributed by atoms with van der Waals surface area (Å²) in [5, 5.41) is 22.2. The molecular weight excluding hydrogens is 350 g/mol. The average molecular weight is 371 g/mol. The van der Waals surface area contributed by atoms with Gasteiger partial charge in [-0.05, 0) is 44.0 Å². The second-order valence-electron chi connectivity index (χ2n) is 6.45. The molecule has 1 fully saturated rings. The molecule has 0 radical (unpaired) electrons. The van der Waals surface area contributed by atoms with Crippen LogP contribution in [0.3, 0.4) is 0 Å². The molecule has 1 aliphatic rings. The lowest BCUT2D eigenvalue weighted by Gasteiger charge is -2.32. The number of aromatic nitrogens is 2. The van der Waals surface area contributed by atoms with Crippen molar-refractivity contribution < 1.29 is 14.5 Å². The van der Waals surface area contributed by atoms with Crippen molar-refractivity contribution in [3.63, 3.8) is 0 Å². The number of nitro groups is 1. The van der Waals surface area contributed by atoms with E-state index in [0.717, 1.165) is 24.5 Å². The molecule has 1 aromatic heterocycles. The summed E-state index contributed by atoms with van der Waals surface area (Å²) in [5.74, 6) is 0.562. The molecule has 1 aliphatic heterocycles. The monoisotopic (exact) mass is 371 g/mol. The van der Waals surface area contributed by atoms with Crippen molar-refractivity contribution in [3.05, 3.63) is 46.1 Å². The molecular formula is C18H21N5O4. The fourth-order valence-corrected chi connectivity index (χ4v) is 3.09. The molecule has 0 aliphatic carbocycles. The van der Waals surface area contributed by atoms with Crippen LogP contribution in [-0.4, -0.2) is 41.2 Å². The smallest absolute Gasteiger partial charge is 0.296 e. The number of nitrogens with zero attached hydrogens (tertiary/aromatic N) is 4. The molecule has 0 saturated carbocycles. The first-order valence-electron chi connectivity index (χ1n) is 8.66. The Balaban J connectivity index is 1.72. The van der Waals surface area contributed by atoms with Crippen molar-refractivity contribution in [2.45, 2.75) is 19.8 Å². The van der Waals surface area contributed by atoms with Crippen LogP contribution >= 0.6 is 0 Å². The van der Waals surface area contributed by atoms with Gasteiger partial charge in [0.2, 0.25) is 5.91 Å². The maximum atomic E-state index is 12.7. The predicted octanol–water partition coefficient (Wildman–Crippen LogP) is 2.56. The maximum Gasteiger partial charge on any atom is 0.296 e. The van der Waals surface area contributed by atoms with E-state index in [0.29, 0.717) is 18.7 Å². The highest BCUT2D eigenvalue weighted by Crippen LogP contribution is 2.30. The molecule has 1 amide bonds. The molecule has 142 valence electrons. The standard InChI is InChI=1S/C18H21N5O4/c1-12-5-8-17(21-20-12)22-9-3-4-13(11-22)18(24)19-15-7-6-14(27-2)10-16(15)23(25)26/h5-8,10,13H,3-4,9,11H2,1-2H3,(H,19,24). The van der Waals surface area contributed by atoms with Gasteiger partial charge in [0.25, 0.3) is 5.69 Å². The Morgan fingerprint density at radius 3 is 2.81 bits per heavy atom. The number of benzene rings is 1. The number of ether oxygens (including phenoxy) is 1. The minimum absolute atomic E-state index is 0.165. The zero-order chi connectivity index (χ0) is 19.4. The number of carbonyl (C=O) groups excluding carboxylic acids is 1. The van der Waals surface area contributed by atoms with E-state index in [1.807, 2.05) is 24.0 Å². The highest BCUT2D eigenvalue weighted by Gasteiger charge is 2.28. The van der Waals surface area contributed by atoms with E-state index in [1.165, 1.54) is 19.2 Å². The van der Waals surface area contributed by atoms with Gasteiger partial charge >= 0.3 is 0 Å². The predicted molar refractivity (Wildman–Crippen MR) is 100.0 cm³/mol. The summed E-state index contributed by atoms with van der Waals surface area (Å²) in [7, 11) is 1.43. The molecule has 2 heterocycles. The summed E-state index contributed by atoms with van der Waals surface area (Å²) < 4.78 is 5.02. The third kappa shape index (κ3) is 4.30. The summed E-state index contributed by atoms with van der Waals surface area (Å²) in [6.07, 6.45) is 1.55. The maximum absolute atomic E-state index is 12.7. The van der Waals surface area contributed by atoms with Crippen LogP contribution in [0.4, 0.5) is 17.2 Å². The minimum atomic E-state index is -0.535. The summed E-state index contributed by atoms with van der Waals surface area (Å²) in [4.78, 5) is 25.5. The van der Waals surface area contributed by atoms with E-state index >= 15 is 0 Å². The van der Waals surface area contributed by atoms with Gasteiger partial charge < -0.3 is 15.0 Å². The van der Waals surface area contributed by atoms with Crippen molar-refractivity contribution in [2.24, 2.45) is 5.92 Å². The summed E-state index contributed by atoms with van der Waals surface area (Å²) in [6.45, 7) is 3.16. The first-order valence-corrected chi connectivity index (χ1v) is 8.66. The fourth-order valence-electron chi connectivity index (χ4n) is 3.09. The highest BCUT2D eigenvalue weighted by molar-refractivity contribution is 5.95. The van der Waals surface area contributed by atoms with Crippen molar-refractivity contribution in [3.8, 4) is 5.75 Å². The van der Waals surface area contributed by atoms with Crippen LogP contribution in [0.2, 0.25) is 0 Å². The summed E-state index contributed by atoms with van der Waals surface area (Å²) in [6, 6.07) is 8.13. The van der Waals surface area contributed by atoms with Crippen LogP contribution in [0.1, 0.15) is 18.5 Å². The topological polar surface area (TPSA) is 110 Å². The van der Waals surface area contributed by atoms with Crippen LogP contribution < -0.4 is 15.0 Å².